The molecule has 7 heteroatoms. The second-order valence-electron chi connectivity index (χ2n) is 4.84. The monoisotopic (exact) mass is 270 g/mol. The lowest BCUT2D eigenvalue weighted by molar-refractivity contribution is -0.120. The molecule has 100 valence electrons. The molecule has 1 fully saturated rings. The molecule has 1 saturated carbocycles. The molecule has 0 aromatic carbocycles. The molecule has 6 nitrogen and oxygen atoms in total. The van der Waals surface area contributed by atoms with E-state index in [1.165, 1.54) is 11.8 Å². The van der Waals surface area contributed by atoms with E-state index in [0.29, 0.717) is 5.16 Å². The summed E-state index contributed by atoms with van der Waals surface area (Å²) in [6.45, 7) is 5.66. The van der Waals surface area contributed by atoms with Crippen LogP contribution in [0.2, 0.25) is 0 Å². The first kappa shape index (κ1) is 13.2. The van der Waals surface area contributed by atoms with Crippen molar-refractivity contribution in [1.29, 1.82) is 0 Å². The van der Waals surface area contributed by atoms with E-state index in [1.54, 1.807) is 4.57 Å². The molecule has 1 aromatic rings. The van der Waals surface area contributed by atoms with Crippen molar-refractivity contribution in [2.75, 3.05) is 0 Å². The Balaban J connectivity index is 2.05. The minimum atomic E-state index is -0.264. The molecule has 1 heterocycles. The summed E-state index contributed by atoms with van der Waals surface area (Å²) in [5.41, 5.74) is -0.184. The molecule has 1 aliphatic carbocycles. The average molecular weight is 270 g/mol. The number of aromatic nitrogens is 3. The van der Waals surface area contributed by atoms with Crippen molar-refractivity contribution < 1.29 is 4.79 Å². The first-order chi connectivity index (χ1) is 8.49. The lowest BCUT2D eigenvalue weighted by Crippen LogP contribution is -2.36. The van der Waals surface area contributed by atoms with E-state index in [-0.39, 0.29) is 28.9 Å². The molecule has 1 atom stereocenters. The van der Waals surface area contributed by atoms with Crippen molar-refractivity contribution in [2.24, 2.45) is 0 Å². The van der Waals surface area contributed by atoms with Gasteiger partial charge < -0.3 is 5.32 Å². The molecule has 1 aliphatic rings. The molecule has 2 rings (SSSR count). The van der Waals surface area contributed by atoms with Crippen LogP contribution in [0, 0.1) is 0 Å². The van der Waals surface area contributed by atoms with E-state index in [1.807, 2.05) is 20.8 Å². The zero-order valence-electron chi connectivity index (χ0n) is 10.8. The van der Waals surface area contributed by atoms with Crippen LogP contribution in [0.1, 0.15) is 39.7 Å². The first-order valence-corrected chi connectivity index (χ1v) is 7.01. The number of aromatic amines is 1. The normalized spacial score (nSPS) is 16.9. The van der Waals surface area contributed by atoms with Gasteiger partial charge in [0.1, 0.15) is 0 Å². The lowest BCUT2D eigenvalue weighted by Gasteiger charge is -2.13. The Labute approximate surface area is 110 Å². The van der Waals surface area contributed by atoms with Crippen LogP contribution in [0.4, 0.5) is 0 Å². The molecule has 0 radical (unpaired) electrons. The molecule has 0 unspecified atom stereocenters. The van der Waals surface area contributed by atoms with Gasteiger partial charge in [0.2, 0.25) is 5.91 Å². The molecule has 18 heavy (non-hydrogen) atoms. The zero-order valence-corrected chi connectivity index (χ0v) is 11.6. The standard InChI is InChI=1S/C11H18N4O2S/c1-6(2)12-9(16)7(3)18-11-14-13-10(17)15(11)8-4-5-8/h6-8H,4-5H2,1-3H3,(H,12,16)(H,13,17)/t7-/m0/s1. The minimum absolute atomic E-state index is 0.0344. The largest absolute Gasteiger partial charge is 0.353 e. The summed E-state index contributed by atoms with van der Waals surface area (Å²) in [4.78, 5) is 23.4. The van der Waals surface area contributed by atoms with Crippen LogP contribution < -0.4 is 11.0 Å². The number of hydrogen-bond acceptors (Lipinski definition) is 4. The molecule has 0 spiro atoms. The number of hydrogen-bond donors (Lipinski definition) is 2. The molecule has 0 bridgehead atoms. The fourth-order valence-electron chi connectivity index (χ4n) is 1.64. The van der Waals surface area contributed by atoms with E-state index in [0.717, 1.165) is 12.8 Å². The highest BCUT2D eigenvalue weighted by Crippen LogP contribution is 2.36. The molecule has 2 N–H and O–H groups in total. The summed E-state index contributed by atoms with van der Waals surface area (Å²) in [6, 6.07) is 0.379. The van der Waals surface area contributed by atoms with Gasteiger partial charge in [0.25, 0.3) is 0 Å². The Morgan fingerprint density at radius 3 is 2.72 bits per heavy atom. The van der Waals surface area contributed by atoms with Crippen LogP contribution in [-0.4, -0.2) is 32.0 Å². The second-order valence-corrected chi connectivity index (χ2v) is 6.14. The van der Waals surface area contributed by atoms with Crippen LogP contribution in [-0.2, 0) is 4.79 Å². The summed E-state index contributed by atoms with van der Waals surface area (Å²) in [5, 5.41) is 9.63. The van der Waals surface area contributed by atoms with Gasteiger partial charge in [-0.15, -0.1) is 5.10 Å². The number of H-pyrrole nitrogens is 1. The Hall–Kier alpha value is -1.24. The van der Waals surface area contributed by atoms with Crippen molar-refractivity contribution in [1.82, 2.24) is 20.1 Å². The number of amides is 1. The van der Waals surface area contributed by atoms with Crippen LogP contribution in [0.3, 0.4) is 0 Å². The Morgan fingerprint density at radius 1 is 1.50 bits per heavy atom. The third-order valence-corrected chi connectivity index (χ3v) is 3.73. The molecular weight excluding hydrogens is 252 g/mol. The van der Waals surface area contributed by atoms with E-state index in [4.69, 9.17) is 0 Å². The van der Waals surface area contributed by atoms with E-state index >= 15 is 0 Å². The lowest BCUT2D eigenvalue weighted by atomic mass is 10.3. The second kappa shape index (κ2) is 5.17. The smallest absolute Gasteiger partial charge is 0.344 e. The molecule has 0 aliphatic heterocycles. The molecule has 0 saturated heterocycles. The number of carbonyl (C=O) groups excluding carboxylic acids is 1. The summed E-state index contributed by atoms with van der Waals surface area (Å²) in [7, 11) is 0. The summed E-state index contributed by atoms with van der Waals surface area (Å²) in [5.74, 6) is -0.0344. The van der Waals surface area contributed by atoms with Crippen LogP contribution in [0.25, 0.3) is 0 Å². The van der Waals surface area contributed by atoms with Gasteiger partial charge in [-0.25, -0.2) is 9.89 Å². The van der Waals surface area contributed by atoms with Crippen molar-refractivity contribution in [3.63, 3.8) is 0 Å². The van der Waals surface area contributed by atoms with Gasteiger partial charge in [0, 0.05) is 12.1 Å². The quantitative estimate of drug-likeness (QED) is 0.779. The maximum atomic E-state index is 11.8. The van der Waals surface area contributed by atoms with Gasteiger partial charge in [-0.1, -0.05) is 11.8 Å². The highest BCUT2D eigenvalue weighted by Gasteiger charge is 2.30. The number of rotatable bonds is 5. The Kier molecular flexibility index (Phi) is 3.79. The number of thioether (sulfide) groups is 1. The summed E-state index contributed by atoms with van der Waals surface area (Å²) < 4.78 is 1.66. The summed E-state index contributed by atoms with van der Waals surface area (Å²) >= 11 is 1.32. The van der Waals surface area contributed by atoms with Crippen molar-refractivity contribution >= 4 is 17.7 Å². The number of nitrogens with one attached hydrogen (secondary N) is 2. The van der Waals surface area contributed by atoms with Gasteiger partial charge in [0.05, 0.1) is 5.25 Å². The Bertz CT molecular complexity index is 489. The first-order valence-electron chi connectivity index (χ1n) is 6.13. The van der Waals surface area contributed by atoms with Gasteiger partial charge >= 0.3 is 5.69 Å². The van der Waals surface area contributed by atoms with E-state index in [2.05, 4.69) is 15.5 Å². The average Bonchev–Trinajstić information content (AvgIpc) is 3.04. The zero-order chi connectivity index (χ0) is 13.3. The van der Waals surface area contributed by atoms with Gasteiger partial charge in [-0.05, 0) is 33.6 Å². The maximum Gasteiger partial charge on any atom is 0.344 e. The SMILES string of the molecule is CC(C)NC(=O)[C@H](C)Sc1n[nH]c(=O)n1C1CC1. The maximum absolute atomic E-state index is 11.8. The highest BCUT2D eigenvalue weighted by atomic mass is 32.2. The minimum Gasteiger partial charge on any atom is -0.353 e. The third kappa shape index (κ3) is 2.95. The van der Waals surface area contributed by atoms with Crippen molar-refractivity contribution in [2.45, 2.75) is 56.1 Å². The summed E-state index contributed by atoms with van der Waals surface area (Å²) in [6.07, 6.45) is 2.03. The van der Waals surface area contributed by atoms with Crippen molar-refractivity contribution in [3.05, 3.63) is 10.5 Å². The molecular formula is C11H18N4O2S. The highest BCUT2D eigenvalue weighted by molar-refractivity contribution is 8.00. The predicted molar refractivity (Wildman–Crippen MR) is 69.7 cm³/mol. The topological polar surface area (TPSA) is 79.8 Å². The Morgan fingerprint density at radius 2 is 2.17 bits per heavy atom. The molecule has 1 aromatic heterocycles. The number of carbonyl (C=O) groups is 1. The number of nitrogens with zero attached hydrogens (tertiary/aromatic N) is 2. The van der Waals surface area contributed by atoms with E-state index in [9.17, 15) is 9.59 Å². The van der Waals surface area contributed by atoms with Gasteiger partial charge in [-0.2, -0.15) is 0 Å². The van der Waals surface area contributed by atoms with Crippen LogP contribution in [0.15, 0.2) is 9.95 Å². The van der Waals surface area contributed by atoms with Crippen LogP contribution >= 0.6 is 11.8 Å². The fraction of sp³-hybridized carbons (Fsp3) is 0.727. The molecule has 1 amide bonds. The van der Waals surface area contributed by atoms with Gasteiger partial charge in [0.15, 0.2) is 5.16 Å². The third-order valence-electron chi connectivity index (χ3n) is 2.67. The van der Waals surface area contributed by atoms with Gasteiger partial charge in [-0.3, -0.25) is 9.36 Å². The fourth-order valence-corrected chi connectivity index (χ4v) is 2.58. The predicted octanol–water partition coefficient (Wildman–Crippen LogP) is 0.911. The van der Waals surface area contributed by atoms with Crippen LogP contribution in [0.5, 0.6) is 0 Å². The van der Waals surface area contributed by atoms with E-state index < -0.39 is 0 Å². The van der Waals surface area contributed by atoms with Crippen molar-refractivity contribution in [3.8, 4) is 0 Å².